The summed E-state index contributed by atoms with van der Waals surface area (Å²) in [5.41, 5.74) is -0.489. The Kier molecular flexibility index (Phi) is 3.65. The van der Waals surface area contributed by atoms with Crippen molar-refractivity contribution in [1.29, 1.82) is 0 Å². The van der Waals surface area contributed by atoms with Gasteiger partial charge in [-0.15, -0.1) is 0 Å². The van der Waals surface area contributed by atoms with Gasteiger partial charge in [0.15, 0.2) is 0 Å². The molecule has 1 aliphatic heterocycles. The van der Waals surface area contributed by atoms with E-state index in [1.54, 1.807) is 0 Å². The van der Waals surface area contributed by atoms with Crippen LogP contribution in [0.15, 0.2) is 0 Å². The predicted octanol–water partition coefficient (Wildman–Crippen LogP) is 1.26. The molecule has 0 aromatic heterocycles. The summed E-state index contributed by atoms with van der Waals surface area (Å²) < 4.78 is 5.28. The third-order valence-corrected chi connectivity index (χ3v) is 3.78. The van der Waals surface area contributed by atoms with E-state index in [-0.39, 0.29) is 0 Å². The van der Waals surface area contributed by atoms with Crippen LogP contribution in [0.3, 0.4) is 0 Å². The molecular formula is C12H23NO2. The van der Waals surface area contributed by atoms with Crippen molar-refractivity contribution in [3.05, 3.63) is 0 Å². The van der Waals surface area contributed by atoms with Gasteiger partial charge < -0.3 is 14.7 Å². The van der Waals surface area contributed by atoms with E-state index in [0.29, 0.717) is 13.2 Å². The lowest BCUT2D eigenvalue weighted by molar-refractivity contribution is -0.0789. The van der Waals surface area contributed by atoms with Crippen molar-refractivity contribution in [2.24, 2.45) is 5.92 Å². The van der Waals surface area contributed by atoms with E-state index < -0.39 is 5.60 Å². The summed E-state index contributed by atoms with van der Waals surface area (Å²) in [4.78, 5) is 2.30. The lowest BCUT2D eigenvalue weighted by atomic mass is 9.84. The molecule has 0 spiro atoms. The van der Waals surface area contributed by atoms with Gasteiger partial charge in [0.25, 0.3) is 0 Å². The molecule has 0 bridgehead atoms. The van der Waals surface area contributed by atoms with E-state index in [0.717, 1.165) is 31.8 Å². The van der Waals surface area contributed by atoms with Gasteiger partial charge in [-0.1, -0.05) is 6.42 Å². The summed E-state index contributed by atoms with van der Waals surface area (Å²) in [6.07, 6.45) is 5.75. The minimum atomic E-state index is -0.489. The van der Waals surface area contributed by atoms with Crippen LogP contribution in [-0.4, -0.2) is 49.0 Å². The Balaban J connectivity index is 1.73. The fraction of sp³-hybridized carbons (Fsp3) is 1.00. The van der Waals surface area contributed by atoms with Gasteiger partial charge >= 0.3 is 0 Å². The molecule has 1 aliphatic carbocycles. The highest BCUT2D eigenvalue weighted by molar-refractivity contribution is 4.85. The standard InChI is InChI=1S/C12H23NO2/c1-13(9-11-3-2-4-11)10-12(14)5-7-15-8-6-12/h11,14H,2-10H2,1H3. The Morgan fingerprint density at radius 1 is 1.33 bits per heavy atom. The Bertz CT molecular complexity index is 198. The largest absolute Gasteiger partial charge is 0.388 e. The smallest absolute Gasteiger partial charge is 0.0817 e. The third kappa shape index (κ3) is 3.16. The number of nitrogens with zero attached hydrogens (tertiary/aromatic N) is 1. The Hall–Kier alpha value is -0.120. The number of rotatable bonds is 4. The Morgan fingerprint density at radius 3 is 2.53 bits per heavy atom. The molecule has 0 unspecified atom stereocenters. The molecule has 0 atom stereocenters. The predicted molar refractivity (Wildman–Crippen MR) is 59.8 cm³/mol. The molecule has 1 heterocycles. The van der Waals surface area contributed by atoms with E-state index >= 15 is 0 Å². The van der Waals surface area contributed by atoms with Crippen LogP contribution < -0.4 is 0 Å². The van der Waals surface area contributed by atoms with Crippen LogP contribution in [0.4, 0.5) is 0 Å². The van der Waals surface area contributed by atoms with Crippen LogP contribution >= 0.6 is 0 Å². The molecule has 0 radical (unpaired) electrons. The molecule has 1 saturated carbocycles. The van der Waals surface area contributed by atoms with E-state index in [9.17, 15) is 5.11 Å². The summed E-state index contributed by atoms with van der Waals surface area (Å²) in [6.45, 7) is 3.40. The number of hydrogen-bond acceptors (Lipinski definition) is 3. The second-order valence-corrected chi connectivity index (χ2v) is 5.33. The zero-order chi connectivity index (χ0) is 10.7. The van der Waals surface area contributed by atoms with Gasteiger partial charge in [-0.3, -0.25) is 0 Å². The fourth-order valence-electron chi connectivity index (χ4n) is 2.59. The van der Waals surface area contributed by atoms with Gasteiger partial charge in [0.2, 0.25) is 0 Å². The summed E-state index contributed by atoms with van der Waals surface area (Å²) in [6, 6.07) is 0. The minimum Gasteiger partial charge on any atom is -0.388 e. The summed E-state index contributed by atoms with van der Waals surface area (Å²) in [7, 11) is 2.13. The van der Waals surface area contributed by atoms with Crippen LogP contribution in [0.25, 0.3) is 0 Å². The number of ether oxygens (including phenoxy) is 1. The monoisotopic (exact) mass is 213 g/mol. The second kappa shape index (κ2) is 4.81. The molecule has 3 nitrogen and oxygen atoms in total. The molecule has 2 rings (SSSR count). The Morgan fingerprint density at radius 2 is 2.00 bits per heavy atom. The van der Waals surface area contributed by atoms with Crippen molar-refractivity contribution in [3.63, 3.8) is 0 Å². The molecule has 2 aliphatic rings. The first-order chi connectivity index (χ1) is 7.18. The molecule has 0 aromatic carbocycles. The molecular weight excluding hydrogens is 190 g/mol. The van der Waals surface area contributed by atoms with Gasteiger partial charge in [0.05, 0.1) is 5.60 Å². The molecule has 15 heavy (non-hydrogen) atoms. The average Bonchev–Trinajstić information content (AvgIpc) is 2.12. The number of likely N-dealkylation sites (N-methyl/N-ethyl adjacent to an activating group) is 1. The maximum absolute atomic E-state index is 10.3. The highest BCUT2D eigenvalue weighted by Crippen LogP contribution is 2.28. The lowest BCUT2D eigenvalue weighted by Crippen LogP contribution is -2.47. The Labute approximate surface area is 92.4 Å². The molecule has 0 amide bonds. The second-order valence-electron chi connectivity index (χ2n) is 5.33. The zero-order valence-corrected chi connectivity index (χ0v) is 9.74. The summed E-state index contributed by atoms with van der Waals surface area (Å²) in [5.74, 6) is 0.887. The van der Waals surface area contributed by atoms with Crippen molar-refractivity contribution in [1.82, 2.24) is 4.90 Å². The molecule has 0 aromatic rings. The van der Waals surface area contributed by atoms with Gasteiger partial charge in [-0.2, -0.15) is 0 Å². The van der Waals surface area contributed by atoms with Crippen molar-refractivity contribution < 1.29 is 9.84 Å². The van der Waals surface area contributed by atoms with E-state index in [1.807, 2.05) is 0 Å². The quantitative estimate of drug-likeness (QED) is 0.763. The topological polar surface area (TPSA) is 32.7 Å². The molecule has 1 saturated heterocycles. The lowest BCUT2D eigenvalue weighted by Gasteiger charge is -2.38. The van der Waals surface area contributed by atoms with E-state index in [2.05, 4.69) is 11.9 Å². The van der Waals surface area contributed by atoms with Crippen LogP contribution in [0.2, 0.25) is 0 Å². The third-order valence-electron chi connectivity index (χ3n) is 3.78. The summed E-state index contributed by atoms with van der Waals surface area (Å²) in [5, 5.41) is 10.3. The van der Waals surface area contributed by atoms with Crippen molar-refractivity contribution >= 4 is 0 Å². The van der Waals surface area contributed by atoms with E-state index in [4.69, 9.17) is 4.74 Å². The van der Waals surface area contributed by atoms with Crippen molar-refractivity contribution in [2.45, 2.75) is 37.7 Å². The molecule has 1 N–H and O–H groups in total. The van der Waals surface area contributed by atoms with Gasteiger partial charge in [-0.25, -0.2) is 0 Å². The molecule has 2 fully saturated rings. The maximum atomic E-state index is 10.3. The van der Waals surface area contributed by atoms with Crippen LogP contribution in [0, 0.1) is 5.92 Å². The van der Waals surface area contributed by atoms with Crippen molar-refractivity contribution in [2.75, 3.05) is 33.4 Å². The van der Waals surface area contributed by atoms with Gasteiger partial charge in [-0.05, 0) is 25.8 Å². The SMILES string of the molecule is CN(CC1CCC1)CC1(O)CCOCC1. The average molecular weight is 213 g/mol. The van der Waals surface area contributed by atoms with Crippen molar-refractivity contribution in [3.8, 4) is 0 Å². The number of hydrogen-bond donors (Lipinski definition) is 1. The molecule has 3 heteroatoms. The highest BCUT2D eigenvalue weighted by Gasteiger charge is 2.31. The number of aliphatic hydroxyl groups is 1. The first-order valence-corrected chi connectivity index (χ1v) is 6.17. The van der Waals surface area contributed by atoms with E-state index in [1.165, 1.54) is 19.3 Å². The summed E-state index contributed by atoms with van der Waals surface area (Å²) >= 11 is 0. The van der Waals surface area contributed by atoms with Crippen LogP contribution in [0.5, 0.6) is 0 Å². The van der Waals surface area contributed by atoms with Gasteiger partial charge in [0, 0.05) is 39.1 Å². The highest BCUT2D eigenvalue weighted by atomic mass is 16.5. The zero-order valence-electron chi connectivity index (χ0n) is 9.74. The fourth-order valence-corrected chi connectivity index (χ4v) is 2.59. The normalized spacial score (nSPS) is 26.6. The van der Waals surface area contributed by atoms with Crippen LogP contribution in [0.1, 0.15) is 32.1 Å². The first-order valence-electron chi connectivity index (χ1n) is 6.17. The molecule has 88 valence electrons. The van der Waals surface area contributed by atoms with Gasteiger partial charge in [0.1, 0.15) is 0 Å². The van der Waals surface area contributed by atoms with Crippen LogP contribution in [-0.2, 0) is 4.74 Å². The maximum Gasteiger partial charge on any atom is 0.0817 e. The minimum absolute atomic E-state index is 0.489. The first kappa shape index (κ1) is 11.4.